The molecular formula is C5H12ClNS. The number of hydrogen-bond donors (Lipinski definition) is 2. The van der Waals surface area contributed by atoms with Gasteiger partial charge in [0.15, 0.2) is 0 Å². The highest BCUT2D eigenvalue weighted by atomic mass is 35.5. The monoisotopic (exact) mass is 153 g/mol. The van der Waals surface area contributed by atoms with Crippen molar-refractivity contribution in [1.82, 2.24) is 5.32 Å². The molecule has 0 amide bonds. The molecule has 1 nitrogen and oxygen atoms in total. The lowest BCUT2D eigenvalue weighted by Crippen LogP contribution is -2.27. The van der Waals surface area contributed by atoms with Crippen molar-refractivity contribution in [3.8, 4) is 0 Å². The molecule has 3 heteroatoms. The number of nitrogens with one attached hydrogen (secondary N) is 1. The first-order valence-corrected chi connectivity index (χ1v) is 3.30. The molecule has 0 aromatic heterocycles. The Hall–Kier alpha value is 0.600. The van der Waals surface area contributed by atoms with E-state index in [4.69, 9.17) is 0 Å². The fourth-order valence-electron chi connectivity index (χ4n) is 0.807. The molecule has 1 rings (SSSR count). The smallest absolute Gasteiger partial charge is 0.00409 e. The Morgan fingerprint density at radius 2 is 1.75 bits per heavy atom. The molecule has 1 N–H and O–H groups in total. The summed E-state index contributed by atoms with van der Waals surface area (Å²) in [6.07, 6.45) is 2.48. The molecule has 0 atom stereocenters. The van der Waals surface area contributed by atoms with Gasteiger partial charge in [-0.3, -0.25) is 0 Å². The van der Waals surface area contributed by atoms with Crippen LogP contribution in [0.3, 0.4) is 0 Å². The minimum atomic E-state index is 0. The zero-order valence-electron chi connectivity index (χ0n) is 4.76. The first-order chi connectivity index (χ1) is 3.39. The van der Waals surface area contributed by atoms with Gasteiger partial charge in [-0.2, -0.15) is 12.6 Å². The van der Waals surface area contributed by atoms with Crippen molar-refractivity contribution < 1.29 is 0 Å². The zero-order valence-corrected chi connectivity index (χ0v) is 6.47. The number of halogens is 1. The van der Waals surface area contributed by atoms with Gasteiger partial charge in [0.05, 0.1) is 0 Å². The molecule has 1 aliphatic heterocycles. The summed E-state index contributed by atoms with van der Waals surface area (Å²) in [5.74, 6) is 0. The second-order valence-electron chi connectivity index (χ2n) is 1.98. The highest BCUT2D eigenvalue weighted by Gasteiger charge is 2.05. The summed E-state index contributed by atoms with van der Waals surface area (Å²) in [4.78, 5) is 0. The first-order valence-electron chi connectivity index (χ1n) is 2.78. The Morgan fingerprint density at radius 3 is 2.00 bits per heavy atom. The molecule has 0 saturated carbocycles. The number of piperidine rings is 1. The number of rotatable bonds is 0. The molecule has 0 aromatic carbocycles. The lowest BCUT2D eigenvalue weighted by molar-refractivity contribution is 0.533. The standard InChI is InChI=1S/C5H11NS.ClH/c7-5-1-3-6-4-2-5;/h5-7H,1-4H2;1H. The molecule has 1 aliphatic rings. The van der Waals surface area contributed by atoms with Crippen LogP contribution in [0.2, 0.25) is 0 Å². The van der Waals surface area contributed by atoms with Crippen molar-refractivity contribution in [2.45, 2.75) is 18.1 Å². The van der Waals surface area contributed by atoms with Crippen LogP contribution in [0.4, 0.5) is 0 Å². The highest BCUT2D eigenvalue weighted by molar-refractivity contribution is 7.80. The average Bonchev–Trinajstić information content (AvgIpc) is 1.69. The molecule has 0 aromatic rings. The van der Waals surface area contributed by atoms with E-state index >= 15 is 0 Å². The molecule has 0 bridgehead atoms. The van der Waals surface area contributed by atoms with Crippen LogP contribution in [0.15, 0.2) is 0 Å². The van der Waals surface area contributed by atoms with Crippen LogP contribution < -0.4 is 5.32 Å². The normalized spacial score (nSPS) is 22.1. The summed E-state index contributed by atoms with van der Waals surface area (Å²) in [5, 5.41) is 3.93. The van der Waals surface area contributed by atoms with E-state index in [0.717, 1.165) is 13.1 Å². The summed E-state index contributed by atoms with van der Waals surface area (Å²) in [7, 11) is 0. The number of thiol groups is 1. The Bertz CT molecular complexity index is 54.4. The molecule has 1 heterocycles. The van der Waals surface area contributed by atoms with Crippen molar-refractivity contribution in [3.63, 3.8) is 0 Å². The molecule has 1 saturated heterocycles. The first kappa shape index (κ1) is 8.60. The van der Waals surface area contributed by atoms with E-state index in [0.29, 0.717) is 5.25 Å². The maximum atomic E-state index is 4.32. The van der Waals surface area contributed by atoms with Gasteiger partial charge >= 0.3 is 0 Å². The van der Waals surface area contributed by atoms with Gasteiger partial charge < -0.3 is 5.32 Å². The Kier molecular flexibility index (Phi) is 4.81. The van der Waals surface area contributed by atoms with E-state index in [-0.39, 0.29) is 12.4 Å². The maximum Gasteiger partial charge on any atom is 0.00409 e. The van der Waals surface area contributed by atoms with Crippen molar-refractivity contribution in [2.75, 3.05) is 13.1 Å². The summed E-state index contributed by atoms with van der Waals surface area (Å²) < 4.78 is 0. The van der Waals surface area contributed by atoms with Crippen LogP contribution >= 0.6 is 25.0 Å². The van der Waals surface area contributed by atoms with Crippen LogP contribution in [0.5, 0.6) is 0 Å². The molecule has 0 radical (unpaired) electrons. The molecule has 0 unspecified atom stereocenters. The minimum absolute atomic E-state index is 0. The third kappa shape index (κ3) is 2.80. The predicted molar refractivity (Wildman–Crippen MR) is 42.1 cm³/mol. The molecule has 1 fully saturated rings. The summed E-state index contributed by atoms with van der Waals surface area (Å²) >= 11 is 4.32. The van der Waals surface area contributed by atoms with E-state index in [1.165, 1.54) is 12.8 Å². The van der Waals surface area contributed by atoms with Gasteiger partial charge in [-0.25, -0.2) is 0 Å². The quantitative estimate of drug-likeness (QED) is 0.497. The second-order valence-corrected chi connectivity index (χ2v) is 2.71. The topological polar surface area (TPSA) is 12.0 Å². The maximum absolute atomic E-state index is 4.32. The van der Waals surface area contributed by atoms with Gasteiger partial charge in [-0.15, -0.1) is 12.4 Å². The van der Waals surface area contributed by atoms with E-state index < -0.39 is 0 Å². The SMILES string of the molecule is Cl.SC1CCNCC1. The van der Waals surface area contributed by atoms with Crippen molar-refractivity contribution in [2.24, 2.45) is 0 Å². The summed E-state index contributed by atoms with van der Waals surface area (Å²) in [6, 6.07) is 0. The average molecular weight is 154 g/mol. The van der Waals surface area contributed by atoms with E-state index in [1.807, 2.05) is 0 Å². The van der Waals surface area contributed by atoms with Gasteiger partial charge in [0.25, 0.3) is 0 Å². The highest BCUT2D eigenvalue weighted by Crippen LogP contribution is 2.07. The summed E-state index contributed by atoms with van der Waals surface area (Å²) in [5.41, 5.74) is 0. The van der Waals surface area contributed by atoms with Crippen molar-refractivity contribution in [3.05, 3.63) is 0 Å². The van der Waals surface area contributed by atoms with Crippen LogP contribution in [0.1, 0.15) is 12.8 Å². The minimum Gasteiger partial charge on any atom is -0.317 e. The largest absolute Gasteiger partial charge is 0.317 e. The molecular weight excluding hydrogens is 142 g/mol. The van der Waals surface area contributed by atoms with E-state index in [1.54, 1.807) is 0 Å². The van der Waals surface area contributed by atoms with Gasteiger partial charge in [0, 0.05) is 5.25 Å². The van der Waals surface area contributed by atoms with Crippen LogP contribution in [0, 0.1) is 0 Å². The molecule has 0 aliphatic carbocycles. The number of hydrogen-bond acceptors (Lipinski definition) is 2. The van der Waals surface area contributed by atoms with Gasteiger partial charge in [0.1, 0.15) is 0 Å². The van der Waals surface area contributed by atoms with Crippen LogP contribution in [-0.4, -0.2) is 18.3 Å². The molecule has 8 heavy (non-hydrogen) atoms. The molecule has 0 spiro atoms. The third-order valence-corrected chi connectivity index (χ3v) is 1.83. The second kappa shape index (κ2) is 4.48. The van der Waals surface area contributed by atoms with Crippen LogP contribution in [-0.2, 0) is 0 Å². The van der Waals surface area contributed by atoms with Gasteiger partial charge in [0.2, 0.25) is 0 Å². The van der Waals surface area contributed by atoms with Crippen LogP contribution in [0.25, 0.3) is 0 Å². The lowest BCUT2D eigenvalue weighted by atomic mass is 10.2. The van der Waals surface area contributed by atoms with E-state index in [9.17, 15) is 0 Å². The Morgan fingerprint density at radius 1 is 1.25 bits per heavy atom. The Labute approximate surface area is 62.1 Å². The lowest BCUT2D eigenvalue weighted by Gasteiger charge is -2.16. The van der Waals surface area contributed by atoms with Crippen molar-refractivity contribution in [1.29, 1.82) is 0 Å². The fraction of sp³-hybridized carbons (Fsp3) is 1.00. The summed E-state index contributed by atoms with van der Waals surface area (Å²) in [6.45, 7) is 2.32. The van der Waals surface area contributed by atoms with E-state index in [2.05, 4.69) is 17.9 Å². The Balaban J connectivity index is 0.000000490. The van der Waals surface area contributed by atoms with Gasteiger partial charge in [-0.1, -0.05) is 0 Å². The zero-order chi connectivity index (χ0) is 5.11. The third-order valence-electron chi connectivity index (χ3n) is 1.31. The van der Waals surface area contributed by atoms with Crippen molar-refractivity contribution >= 4 is 25.0 Å². The van der Waals surface area contributed by atoms with Gasteiger partial charge in [-0.05, 0) is 25.9 Å². The predicted octanol–water partition coefficient (Wildman–Crippen LogP) is 1.09. The molecule has 50 valence electrons. The fourth-order valence-corrected chi connectivity index (χ4v) is 1.06.